The van der Waals surface area contributed by atoms with E-state index in [0.29, 0.717) is 18.1 Å². The fourth-order valence-electron chi connectivity index (χ4n) is 5.97. The lowest BCUT2D eigenvalue weighted by Gasteiger charge is -2.36. The van der Waals surface area contributed by atoms with E-state index < -0.39 is 5.60 Å². The Hall–Kier alpha value is -5.84. The maximum absolute atomic E-state index is 11.7. The molecule has 1 aliphatic rings. The van der Waals surface area contributed by atoms with Crippen LogP contribution in [0.1, 0.15) is 39.5 Å². The zero-order chi connectivity index (χ0) is 33.6. The fraction of sp³-hybridized carbons (Fsp3) is 0.179. The first-order chi connectivity index (χ1) is 24.0. The Kier molecular flexibility index (Phi) is 9.14. The summed E-state index contributed by atoms with van der Waals surface area (Å²) in [7, 11) is 3.30. The molecule has 0 fully saturated rings. The number of methoxy groups -OCH3 is 2. The minimum Gasteiger partial charge on any atom is -0.497 e. The second kappa shape index (κ2) is 14.1. The second-order valence-electron chi connectivity index (χ2n) is 11.5. The highest BCUT2D eigenvalue weighted by molar-refractivity contribution is 5.99. The molecule has 0 saturated carbocycles. The molecule has 0 aliphatic carbocycles. The molecule has 246 valence electrons. The lowest BCUT2D eigenvalue weighted by Crippen LogP contribution is -2.33. The summed E-state index contributed by atoms with van der Waals surface area (Å²) in [6.07, 6.45) is 0.377. The average molecular weight is 655 g/mol. The van der Waals surface area contributed by atoms with E-state index >= 15 is 0 Å². The maximum atomic E-state index is 11.7. The predicted molar refractivity (Wildman–Crippen MR) is 182 cm³/mol. The van der Waals surface area contributed by atoms with E-state index in [1.807, 2.05) is 103 Å². The number of amides is 1. The van der Waals surface area contributed by atoms with Gasteiger partial charge in [-0.25, -0.2) is 0 Å². The quantitative estimate of drug-likeness (QED) is 0.133. The first-order valence-electron chi connectivity index (χ1n) is 15.8. The molecule has 10 nitrogen and oxygen atoms in total. The van der Waals surface area contributed by atoms with Gasteiger partial charge in [0.2, 0.25) is 11.7 Å². The Balaban J connectivity index is 1.08. The lowest BCUT2D eigenvalue weighted by molar-refractivity contribution is -0.115. The maximum Gasteiger partial charge on any atom is 0.252 e. The summed E-state index contributed by atoms with van der Waals surface area (Å²) in [6, 6.07) is 37.4. The number of carbonyl (C=O) groups excluding carboxylic acids is 1. The summed E-state index contributed by atoms with van der Waals surface area (Å²) in [4.78, 5) is 21.0. The van der Waals surface area contributed by atoms with Crippen LogP contribution in [0.5, 0.6) is 11.5 Å². The lowest BCUT2D eigenvalue weighted by atomic mass is 9.80. The smallest absolute Gasteiger partial charge is 0.252 e. The first-order valence-corrected chi connectivity index (χ1v) is 15.8. The Morgan fingerprint density at radius 3 is 2.04 bits per heavy atom. The number of aromatic nitrogens is 3. The molecule has 4 aromatic carbocycles. The van der Waals surface area contributed by atoms with Crippen LogP contribution < -0.4 is 14.8 Å². The van der Waals surface area contributed by atoms with Crippen LogP contribution in [0.3, 0.4) is 0 Å². The number of ether oxygens (including phenoxy) is 4. The summed E-state index contributed by atoms with van der Waals surface area (Å²) >= 11 is 0. The molecule has 1 aliphatic heterocycles. The van der Waals surface area contributed by atoms with Gasteiger partial charge in [-0.2, -0.15) is 4.98 Å². The topological polar surface area (TPSA) is 118 Å². The molecule has 0 atom stereocenters. The van der Waals surface area contributed by atoms with Crippen molar-refractivity contribution in [2.24, 2.45) is 0 Å². The summed E-state index contributed by atoms with van der Waals surface area (Å²) in [5.74, 6) is 2.25. The number of fused-ring (bicyclic) bond motifs is 1. The van der Waals surface area contributed by atoms with Gasteiger partial charge in [0, 0.05) is 11.3 Å². The standard InChI is InChI=1S/C39H34N4O6/c1-45-33-17-13-29(14-18-33)39(28-7-4-3-5-8-28,30-15-19-34(46-2)20-16-30)48-24-32-10-6-9-31(40-32)23-47-25-37-42-38(43-49-37)27-12-11-26-22-36(44)41-35(26)21-27/h3-21H,22-25H2,1-2H3,(H,41,44). The average Bonchev–Trinajstić information content (AvgIpc) is 3.78. The van der Waals surface area contributed by atoms with Crippen molar-refractivity contribution in [2.45, 2.75) is 31.8 Å². The Morgan fingerprint density at radius 1 is 0.714 bits per heavy atom. The van der Waals surface area contributed by atoms with Crippen molar-refractivity contribution < 1.29 is 28.3 Å². The van der Waals surface area contributed by atoms with Gasteiger partial charge in [0.25, 0.3) is 5.89 Å². The van der Waals surface area contributed by atoms with E-state index in [2.05, 4.69) is 27.6 Å². The zero-order valence-electron chi connectivity index (χ0n) is 27.1. The number of nitrogens with zero attached hydrogens (tertiary/aromatic N) is 3. The molecule has 1 amide bonds. The SMILES string of the molecule is COc1ccc(C(OCc2cccc(COCc3nc(-c4ccc5c(c4)NC(=O)C5)no3)n2)(c2ccccc2)c2ccc(OC)cc2)cc1. The molecular weight excluding hydrogens is 620 g/mol. The molecule has 3 heterocycles. The highest BCUT2D eigenvalue weighted by atomic mass is 16.5. The van der Waals surface area contributed by atoms with Gasteiger partial charge in [-0.05, 0) is 64.7 Å². The third-order valence-electron chi connectivity index (χ3n) is 8.41. The van der Waals surface area contributed by atoms with E-state index in [4.69, 9.17) is 28.5 Å². The second-order valence-corrected chi connectivity index (χ2v) is 11.5. The molecule has 49 heavy (non-hydrogen) atoms. The Morgan fingerprint density at radius 2 is 1.37 bits per heavy atom. The van der Waals surface area contributed by atoms with Crippen molar-refractivity contribution in [1.82, 2.24) is 15.1 Å². The van der Waals surface area contributed by atoms with Gasteiger partial charge in [-0.3, -0.25) is 9.78 Å². The van der Waals surface area contributed by atoms with E-state index in [0.717, 1.165) is 56.4 Å². The number of rotatable bonds is 13. The normalized spacial score (nSPS) is 12.4. The summed E-state index contributed by atoms with van der Waals surface area (Å²) in [5, 5.41) is 6.93. The molecule has 10 heteroatoms. The summed E-state index contributed by atoms with van der Waals surface area (Å²) in [5.41, 5.74) is 5.83. The fourth-order valence-corrected chi connectivity index (χ4v) is 5.97. The molecule has 2 aromatic heterocycles. The van der Waals surface area contributed by atoms with Crippen molar-refractivity contribution in [3.8, 4) is 22.9 Å². The van der Waals surface area contributed by atoms with Crippen LogP contribution >= 0.6 is 0 Å². The first kappa shape index (κ1) is 31.7. The molecule has 0 spiro atoms. The molecule has 1 N–H and O–H groups in total. The monoisotopic (exact) mass is 654 g/mol. The minimum absolute atomic E-state index is 0.0245. The molecule has 0 radical (unpaired) electrons. The predicted octanol–water partition coefficient (Wildman–Crippen LogP) is 6.87. The third kappa shape index (κ3) is 6.78. The van der Waals surface area contributed by atoms with Gasteiger partial charge in [0.15, 0.2) is 0 Å². The number of carbonyl (C=O) groups is 1. The van der Waals surface area contributed by atoms with Gasteiger partial charge in [-0.1, -0.05) is 78.0 Å². The van der Waals surface area contributed by atoms with Gasteiger partial charge in [0.05, 0.1) is 45.2 Å². The van der Waals surface area contributed by atoms with E-state index in [1.165, 1.54) is 0 Å². The molecular formula is C39H34N4O6. The van der Waals surface area contributed by atoms with Crippen molar-refractivity contribution in [2.75, 3.05) is 19.5 Å². The van der Waals surface area contributed by atoms with Crippen LogP contribution in [0.4, 0.5) is 5.69 Å². The largest absolute Gasteiger partial charge is 0.497 e. The summed E-state index contributed by atoms with van der Waals surface area (Å²) in [6.45, 7) is 0.565. The van der Waals surface area contributed by atoms with E-state index in [1.54, 1.807) is 14.2 Å². The highest BCUT2D eigenvalue weighted by Gasteiger charge is 2.38. The number of pyridine rings is 1. The van der Waals surface area contributed by atoms with Gasteiger partial charge < -0.3 is 28.8 Å². The summed E-state index contributed by atoms with van der Waals surface area (Å²) < 4.78 is 29.2. The van der Waals surface area contributed by atoms with Crippen LogP contribution in [0, 0.1) is 0 Å². The Labute approximate surface area is 283 Å². The minimum atomic E-state index is -0.964. The van der Waals surface area contributed by atoms with Crippen LogP contribution in [-0.4, -0.2) is 35.3 Å². The van der Waals surface area contributed by atoms with Gasteiger partial charge in [-0.15, -0.1) is 0 Å². The van der Waals surface area contributed by atoms with Gasteiger partial charge >= 0.3 is 0 Å². The van der Waals surface area contributed by atoms with E-state index in [-0.39, 0.29) is 25.7 Å². The van der Waals surface area contributed by atoms with Crippen molar-refractivity contribution in [1.29, 1.82) is 0 Å². The number of benzene rings is 4. The van der Waals surface area contributed by atoms with Crippen LogP contribution in [-0.2, 0) is 46.1 Å². The van der Waals surface area contributed by atoms with Crippen molar-refractivity contribution >= 4 is 11.6 Å². The van der Waals surface area contributed by atoms with Crippen molar-refractivity contribution in [3.05, 3.63) is 155 Å². The number of anilines is 1. The molecule has 7 rings (SSSR count). The molecule has 0 unspecified atom stereocenters. The number of hydrogen-bond acceptors (Lipinski definition) is 9. The Bertz CT molecular complexity index is 2000. The zero-order valence-corrected chi connectivity index (χ0v) is 27.1. The van der Waals surface area contributed by atoms with Crippen LogP contribution in [0.25, 0.3) is 11.4 Å². The van der Waals surface area contributed by atoms with Crippen molar-refractivity contribution in [3.63, 3.8) is 0 Å². The molecule has 6 aromatic rings. The van der Waals surface area contributed by atoms with Crippen LogP contribution in [0.2, 0.25) is 0 Å². The number of hydrogen-bond donors (Lipinski definition) is 1. The van der Waals surface area contributed by atoms with E-state index in [9.17, 15) is 4.79 Å². The number of nitrogens with one attached hydrogen (secondary N) is 1. The highest BCUT2D eigenvalue weighted by Crippen LogP contribution is 2.42. The molecule has 0 bridgehead atoms. The third-order valence-corrected chi connectivity index (χ3v) is 8.41. The molecule has 0 saturated heterocycles. The van der Waals surface area contributed by atoms with Gasteiger partial charge in [0.1, 0.15) is 23.7 Å². The van der Waals surface area contributed by atoms with Crippen LogP contribution in [0.15, 0.2) is 120 Å².